The van der Waals surface area contributed by atoms with Crippen LogP contribution in [-0.4, -0.2) is 24.1 Å². The van der Waals surface area contributed by atoms with Crippen LogP contribution in [0.5, 0.6) is 5.75 Å². The largest absolute Gasteiger partial charge is 0.544 e. The molecule has 0 saturated carbocycles. The van der Waals surface area contributed by atoms with Crippen LogP contribution >= 0.6 is 0 Å². The van der Waals surface area contributed by atoms with Gasteiger partial charge in [-0.3, -0.25) is 4.99 Å². The van der Waals surface area contributed by atoms with Crippen LogP contribution in [0.3, 0.4) is 0 Å². The lowest BCUT2D eigenvalue weighted by Gasteiger charge is -2.21. The van der Waals surface area contributed by atoms with Crippen LogP contribution in [0.2, 0.25) is 19.6 Å². The number of nitrogens with zero attached hydrogens (tertiary/aromatic N) is 3. The molecule has 4 nitrogen and oxygen atoms in total. The van der Waals surface area contributed by atoms with E-state index in [0.29, 0.717) is 6.54 Å². The summed E-state index contributed by atoms with van der Waals surface area (Å²) in [6.07, 6.45) is 3.74. The first-order valence-electron chi connectivity index (χ1n) is 8.10. The van der Waals surface area contributed by atoms with E-state index in [-0.39, 0.29) is 0 Å². The Hall–Kier alpha value is -2.40. The lowest BCUT2D eigenvalue weighted by atomic mass is 10.2. The Labute approximate surface area is 144 Å². The highest BCUT2D eigenvalue weighted by molar-refractivity contribution is 6.70. The number of aliphatic imine (C=N–C) groups is 1. The molecule has 0 amide bonds. The molecule has 1 aromatic heterocycles. The van der Waals surface area contributed by atoms with Crippen molar-refractivity contribution in [2.24, 2.45) is 12.0 Å². The van der Waals surface area contributed by atoms with Gasteiger partial charge in [0.2, 0.25) is 8.32 Å². The molecule has 124 valence electrons. The van der Waals surface area contributed by atoms with E-state index in [9.17, 15) is 0 Å². The Bertz CT molecular complexity index is 878. The van der Waals surface area contributed by atoms with Crippen molar-refractivity contribution in [3.63, 3.8) is 0 Å². The van der Waals surface area contributed by atoms with Crippen LogP contribution in [0.4, 0.5) is 0 Å². The van der Waals surface area contributed by atoms with Crippen molar-refractivity contribution in [1.82, 2.24) is 9.55 Å². The van der Waals surface area contributed by atoms with Gasteiger partial charge in [-0.15, -0.1) is 0 Å². The molecule has 5 heteroatoms. The molecule has 0 unspecified atom stereocenters. The summed E-state index contributed by atoms with van der Waals surface area (Å²) in [6.45, 7) is 7.19. The Morgan fingerprint density at radius 3 is 2.75 bits per heavy atom. The summed E-state index contributed by atoms with van der Waals surface area (Å²) >= 11 is 0. The van der Waals surface area contributed by atoms with E-state index in [1.807, 2.05) is 54.5 Å². The Kier molecular flexibility index (Phi) is 4.53. The molecule has 0 spiro atoms. The number of rotatable bonds is 5. The second-order valence-electron chi connectivity index (χ2n) is 6.90. The smallest absolute Gasteiger partial charge is 0.242 e. The van der Waals surface area contributed by atoms with Gasteiger partial charge in [0.1, 0.15) is 5.75 Å². The van der Waals surface area contributed by atoms with Crippen molar-refractivity contribution in [2.45, 2.75) is 26.2 Å². The SMILES string of the molecule is Cn1cnc2ccc(C=NCc3ccccc3O[Si](C)(C)C)cc21. The third-order valence-corrected chi connectivity index (χ3v) is 4.47. The molecule has 0 aliphatic rings. The fourth-order valence-electron chi connectivity index (χ4n) is 2.54. The van der Waals surface area contributed by atoms with E-state index in [0.717, 1.165) is 27.9 Å². The first-order chi connectivity index (χ1) is 11.4. The highest BCUT2D eigenvalue weighted by Crippen LogP contribution is 2.22. The van der Waals surface area contributed by atoms with Crippen molar-refractivity contribution >= 4 is 25.6 Å². The molecule has 0 radical (unpaired) electrons. The van der Waals surface area contributed by atoms with Gasteiger partial charge in [0.05, 0.1) is 23.9 Å². The van der Waals surface area contributed by atoms with Crippen molar-refractivity contribution in [1.29, 1.82) is 0 Å². The summed E-state index contributed by atoms with van der Waals surface area (Å²) in [7, 11) is 0.377. The zero-order valence-corrected chi connectivity index (χ0v) is 15.7. The highest BCUT2D eigenvalue weighted by Gasteiger charge is 2.17. The van der Waals surface area contributed by atoms with Crippen LogP contribution in [0.15, 0.2) is 53.8 Å². The Morgan fingerprint density at radius 1 is 1.17 bits per heavy atom. The number of fused-ring (bicyclic) bond motifs is 1. The zero-order valence-electron chi connectivity index (χ0n) is 14.7. The molecule has 0 atom stereocenters. The summed E-state index contributed by atoms with van der Waals surface area (Å²) in [6, 6.07) is 14.3. The van der Waals surface area contributed by atoms with E-state index in [1.54, 1.807) is 0 Å². The van der Waals surface area contributed by atoms with Crippen molar-refractivity contribution in [2.75, 3.05) is 0 Å². The predicted molar refractivity (Wildman–Crippen MR) is 102 cm³/mol. The average Bonchev–Trinajstić information content (AvgIpc) is 2.89. The van der Waals surface area contributed by atoms with Crippen LogP contribution < -0.4 is 4.43 Å². The number of hydrogen-bond donors (Lipinski definition) is 0. The molecule has 2 aromatic carbocycles. The number of aryl methyl sites for hydroxylation is 1. The quantitative estimate of drug-likeness (QED) is 0.511. The molecule has 0 aliphatic heterocycles. The maximum absolute atomic E-state index is 6.15. The molecule has 24 heavy (non-hydrogen) atoms. The molecule has 0 bridgehead atoms. The minimum Gasteiger partial charge on any atom is -0.544 e. The molecule has 0 fully saturated rings. The lowest BCUT2D eigenvalue weighted by Crippen LogP contribution is -2.29. The lowest BCUT2D eigenvalue weighted by molar-refractivity contribution is 0.549. The summed E-state index contributed by atoms with van der Waals surface area (Å²) in [5, 5.41) is 0. The summed E-state index contributed by atoms with van der Waals surface area (Å²) in [4.78, 5) is 8.94. The van der Waals surface area contributed by atoms with Crippen LogP contribution in [0.25, 0.3) is 11.0 Å². The van der Waals surface area contributed by atoms with Gasteiger partial charge in [0.15, 0.2) is 0 Å². The maximum atomic E-state index is 6.15. The van der Waals surface area contributed by atoms with Crippen LogP contribution in [0.1, 0.15) is 11.1 Å². The van der Waals surface area contributed by atoms with Gasteiger partial charge in [-0.25, -0.2) is 4.98 Å². The monoisotopic (exact) mass is 337 g/mol. The number of benzene rings is 2. The first kappa shape index (κ1) is 16.5. The molecular weight excluding hydrogens is 314 g/mol. The summed E-state index contributed by atoms with van der Waals surface area (Å²) in [5.74, 6) is 0.955. The number of hydrogen-bond acceptors (Lipinski definition) is 3. The van der Waals surface area contributed by atoms with Gasteiger partial charge in [-0.2, -0.15) is 0 Å². The van der Waals surface area contributed by atoms with Gasteiger partial charge < -0.3 is 8.99 Å². The molecule has 1 heterocycles. The molecule has 3 aromatic rings. The third kappa shape index (κ3) is 3.92. The van der Waals surface area contributed by atoms with Gasteiger partial charge in [-0.1, -0.05) is 24.3 Å². The maximum Gasteiger partial charge on any atom is 0.242 e. The van der Waals surface area contributed by atoms with Gasteiger partial charge in [-0.05, 0) is 43.4 Å². The van der Waals surface area contributed by atoms with Gasteiger partial charge >= 0.3 is 0 Å². The second-order valence-corrected chi connectivity index (χ2v) is 11.3. The fraction of sp³-hybridized carbons (Fsp3) is 0.263. The number of imidazole rings is 1. The minimum atomic E-state index is -1.62. The van der Waals surface area contributed by atoms with Crippen LogP contribution in [0, 0.1) is 0 Å². The normalized spacial score (nSPS) is 12.2. The van der Waals surface area contributed by atoms with Crippen molar-refractivity contribution < 1.29 is 4.43 Å². The zero-order chi connectivity index (χ0) is 17.2. The van der Waals surface area contributed by atoms with E-state index >= 15 is 0 Å². The average molecular weight is 337 g/mol. The second kappa shape index (κ2) is 6.61. The number of para-hydroxylation sites is 1. The minimum absolute atomic E-state index is 0.615. The third-order valence-electron chi connectivity index (χ3n) is 3.64. The summed E-state index contributed by atoms with van der Waals surface area (Å²) < 4.78 is 8.17. The Balaban J connectivity index is 1.77. The highest BCUT2D eigenvalue weighted by atomic mass is 28.4. The van der Waals surface area contributed by atoms with Crippen molar-refractivity contribution in [3.8, 4) is 5.75 Å². The number of aromatic nitrogens is 2. The Morgan fingerprint density at radius 2 is 1.96 bits per heavy atom. The van der Waals surface area contributed by atoms with Crippen molar-refractivity contribution in [3.05, 3.63) is 59.9 Å². The summed E-state index contributed by atoms with van der Waals surface area (Å²) in [5.41, 5.74) is 4.32. The molecule has 0 N–H and O–H groups in total. The molecule has 0 aliphatic carbocycles. The fourth-order valence-corrected chi connectivity index (χ4v) is 3.40. The molecule has 0 saturated heterocycles. The molecule has 3 rings (SSSR count). The van der Waals surface area contributed by atoms with Gasteiger partial charge in [0, 0.05) is 18.8 Å². The van der Waals surface area contributed by atoms with Gasteiger partial charge in [0.25, 0.3) is 0 Å². The van der Waals surface area contributed by atoms with Crippen LogP contribution in [-0.2, 0) is 13.6 Å². The van der Waals surface area contributed by atoms with E-state index in [4.69, 9.17) is 4.43 Å². The standard InChI is InChI=1S/C19H23N3OSi/c1-22-14-21-17-10-9-15(11-18(17)22)12-20-13-16-7-5-6-8-19(16)23-24(2,3)4/h5-12,14H,13H2,1-4H3. The molecular formula is C19H23N3OSi. The van der Waals surface area contributed by atoms with E-state index < -0.39 is 8.32 Å². The van der Waals surface area contributed by atoms with E-state index in [1.165, 1.54) is 0 Å². The predicted octanol–water partition coefficient (Wildman–Crippen LogP) is 4.41. The van der Waals surface area contributed by atoms with E-state index in [2.05, 4.69) is 41.8 Å². The topological polar surface area (TPSA) is 39.4 Å². The first-order valence-corrected chi connectivity index (χ1v) is 11.5.